The Morgan fingerprint density at radius 1 is 0.778 bits per heavy atom. The van der Waals surface area contributed by atoms with Gasteiger partial charge in [0, 0.05) is 17.1 Å². The highest BCUT2D eigenvalue weighted by molar-refractivity contribution is 7.13. The first-order valence-electron chi connectivity index (χ1n) is 5.90. The summed E-state index contributed by atoms with van der Waals surface area (Å²) < 4.78 is 0. The summed E-state index contributed by atoms with van der Waals surface area (Å²) in [5, 5.41) is 3.08. The van der Waals surface area contributed by atoms with Crippen LogP contribution in [0, 0.1) is 6.92 Å². The zero-order chi connectivity index (χ0) is 12.4. The minimum atomic E-state index is 1.07. The number of hydrogen-bond donors (Lipinski definition) is 0. The Kier molecular flexibility index (Phi) is 2.95. The third-order valence-corrected chi connectivity index (χ3v) is 3.77. The van der Waals surface area contributed by atoms with Crippen LogP contribution in [0.15, 0.2) is 60.1 Å². The van der Waals surface area contributed by atoms with E-state index in [0.29, 0.717) is 0 Å². The third-order valence-electron chi connectivity index (χ3n) is 2.95. The number of nitrogens with zero attached hydrogens (tertiary/aromatic N) is 1. The van der Waals surface area contributed by atoms with Gasteiger partial charge in [0.15, 0.2) is 0 Å². The largest absolute Gasteiger partial charge is 0.245 e. The SMILES string of the molecule is Cc1ccc(-c2ccc(-c3nccs3)cc2)cc1. The molecule has 0 bridgehead atoms. The average Bonchev–Trinajstić information content (AvgIpc) is 2.94. The van der Waals surface area contributed by atoms with Gasteiger partial charge in [-0.05, 0) is 18.1 Å². The van der Waals surface area contributed by atoms with E-state index in [1.54, 1.807) is 11.3 Å². The van der Waals surface area contributed by atoms with Crippen molar-refractivity contribution in [2.45, 2.75) is 6.92 Å². The van der Waals surface area contributed by atoms with Crippen molar-refractivity contribution < 1.29 is 0 Å². The second-order valence-corrected chi connectivity index (χ2v) is 5.18. The molecule has 0 aliphatic heterocycles. The maximum atomic E-state index is 4.32. The predicted octanol–water partition coefficient (Wildman–Crippen LogP) is 4.79. The Labute approximate surface area is 111 Å². The van der Waals surface area contributed by atoms with Crippen LogP contribution in [0.1, 0.15) is 5.56 Å². The van der Waals surface area contributed by atoms with Gasteiger partial charge < -0.3 is 0 Å². The summed E-state index contributed by atoms with van der Waals surface area (Å²) in [5.41, 5.74) is 4.97. The second kappa shape index (κ2) is 4.75. The van der Waals surface area contributed by atoms with Gasteiger partial charge in [-0.15, -0.1) is 11.3 Å². The first-order valence-corrected chi connectivity index (χ1v) is 6.78. The molecule has 2 aromatic carbocycles. The Morgan fingerprint density at radius 2 is 1.33 bits per heavy atom. The molecule has 1 heterocycles. The lowest BCUT2D eigenvalue weighted by Gasteiger charge is -2.03. The Morgan fingerprint density at radius 3 is 1.89 bits per heavy atom. The van der Waals surface area contributed by atoms with Crippen molar-refractivity contribution in [3.63, 3.8) is 0 Å². The molecule has 18 heavy (non-hydrogen) atoms. The van der Waals surface area contributed by atoms with Crippen LogP contribution < -0.4 is 0 Å². The van der Waals surface area contributed by atoms with Crippen molar-refractivity contribution in [3.05, 3.63) is 65.7 Å². The molecule has 0 aliphatic rings. The van der Waals surface area contributed by atoms with E-state index in [9.17, 15) is 0 Å². The molecule has 0 atom stereocenters. The van der Waals surface area contributed by atoms with Crippen molar-refractivity contribution in [3.8, 4) is 21.7 Å². The van der Waals surface area contributed by atoms with Gasteiger partial charge in [-0.3, -0.25) is 0 Å². The summed E-state index contributed by atoms with van der Waals surface area (Å²) in [7, 11) is 0. The molecule has 88 valence electrons. The minimum absolute atomic E-state index is 1.07. The van der Waals surface area contributed by atoms with Crippen LogP contribution in [0.2, 0.25) is 0 Å². The highest BCUT2D eigenvalue weighted by Crippen LogP contribution is 2.26. The quantitative estimate of drug-likeness (QED) is 0.638. The average molecular weight is 251 g/mol. The number of hydrogen-bond acceptors (Lipinski definition) is 2. The van der Waals surface area contributed by atoms with E-state index in [2.05, 4.69) is 60.4 Å². The summed E-state index contributed by atoms with van der Waals surface area (Å²) in [5.74, 6) is 0. The zero-order valence-corrected chi connectivity index (χ0v) is 10.9. The molecule has 0 fully saturated rings. The van der Waals surface area contributed by atoms with E-state index in [1.165, 1.54) is 22.3 Å². The highest BCUT2D eigenvalue weighted by atomic mass is 32.1. The monoisotopic (exact) mass is 251 g/mol. The van der Waals surface area contributed by atoms with E-state index in [0.717, 1.165) is 5.01 Å². The molecule has 0 N–H and O–H groups in total. The first kappa shape index (κ1) is 11.2. The van der Waals surface area contributed by atoms with Crippen LogP contribution >= 0.6 is 11.3 Å². The van der Waals surface area contributed by atoms with E-state index < -0.39 is 0 Å². The molecule has 0 saturated carbocycles. The molecule has 3 aromatic rings. The van der Waals surface area contributed by atoms with Crippen LogP contribution in [-0.2, 0) is 0 Å². The normalized spacial score (nSPS) is 10.5. The standard InChI is InChI=1S/C16H13NS/c1-12-2-4-13(5-3-12)14-6-8-15(9-7-14)16-17-10-11-18-16/h2-11H,1H3. The number of benzene rings is 2. The van der Waals surface area contributed by atoms with Crippen LogP contribution in [0.4, 0.5) is 0 Å². The fraction of sp³-hybridized carbons (Fsp3) is 0.0625. The lowest BCUT2D eigenvalue weighted by Crippen LogP contribution is -1.80. The summed E-state index contributed by atoms with van der Waals surface area (Å²) in [4.78, 5) is 4.32. The molecule has 1 aromatic heterocycles. The Bertz CT molecular complexity index is 622. The molecule has 2 heteroatoms. The molecule has 0 aliphatic carbocycles. The molecule has 0 spiro atoms. The van der Waals surface area contributed by atoms with Gasteiger partial charge in [-0.1, -0.05) is 54.1 Å². The fourth-order valence-electron chi connectivity index (χ4n) is 1.92. The lowest BCUT2D eigenvalue weighted by atomic mass is 10.0. The van der Waals surface area contributed by atoms with Crippen LogP contribution in [0.3, 0.4) is 0 Å². The van der Waals surface area contributed by atoms with Crippen LogP contribution in [0.5, 0.6) is 0 Å². The molecular weight excluding hydrogens is 238 g/mol. The maximum Gasteiger partial charge on any atom is 0.123 e. The van der Waals surface area contributed by atoms with Crippen molar-refractivity contribution in [2.75, 3.05) is 0 Å². The molecule has 1 nitrogen and oxygen atoms in total. The summed E-state index contributed by atoms with van der Waals surface area (Å²) in [6, 6.07) is 17.2. The van der Waals surface area contributed by atoms with Crippen molar-refractivity contribution in [1.82, 2.24) is 4.98 Å². The smallest absolute Gasteiger partial charge is 0.123 e. The Hall–Kier alpha value is -1.93. The van der Waals surface area contributed by atoms with Crippen molar-refractivity contribution >= 4 is 11.3 Å². The van der Waals surface area contributed by atoms with Crippen LogP contribution in [0.25, 0.3) is 21.7 Å². The number of aryl methyl sites for hydroxylation is 1. The van der Waals surface area contributed by atoms with Crippen molar-refractivity contribution in [1.29, 1.82) is 0 Å². The molecule has 0 amide bonds. The van der Waals surface area contributed by atoms with Gasteiger partial charge in [0.1, 0.15) is 5.01 Å². The molecular formula is C16H13NS. The molecule has 0 unspecified atom stereocenters. The van der Waals surface area contributed by atoms with Gasteiger partial charge in [0.2, 0.25) is 0 Å². The lowest BCUT2D eigenvalue weighted by molar-refractivity contribution is 1.41. The van der Waals surface area contributed by atoms with Crippen molar-refractivity contribution in [2.24, 2.45) is 0 Å². The Balaban J connectivity index is 1.94. The summed E-state index contributed by atoms with van der Waals surface area (Å²) >= 11 is 1.67. The van der Waals surface area contributed by atoms with E-state index >= 15 is 0 Å². The zero-order valence-electron chi connectivity index (χ0n) is 10.1. The van der Waals surface area contributed by atoms with Gasteiger partial charge in [0.25, 0.3) is 0 Å². The van der Waals surface area contributed by atoms with Gasteiger partial charge >= 0.3 is 0 Å². The van der Waals surface area contributed by atoms with E-state index in [1.807, 2.05) is 11.6 Å². The molecule has 0 saturated heterocycles. The first-order chi connectivity index (χ1) is 8.83. The van der Waals surface area contributed by atoms with Gasteiger partial charge in [-0.2, -0.15) is 0 Å². The number of rotatable bonds is 2. The predicted molar refractivity (Wildman–Crippen MR) is 77.7 cm³/mol. The molecule has 3 rings (SSSR count). The van der Waals surface area contributed by atoms with E-state index in [-0.39, 0.29) is 0 Å². The fourth-order valence-corrected chi connectivity index (χ4v) is 2.56. The van der Waals surface area contributed by atoms with E-state index in [4.69, 9.17) is 0 Å². The van der Waals surface area contributed by atoms with Crippen LogP contribution in [-0.4, -0.2) is 4.98 Å². The molecule has 0 radical (unpaired) electrons. The minimum Gasteiger partial charge on any atom is -0.245 e. The number of aromatic nitrogens is 1. The van der Waals surface area contributed by atoms with Gasteiger partial charge in [0.05, 0.1) is 0 Å². The topological polar surface area (TPSA) is 12.9 Å². The number of thiazole rings is 1. The second-order valence-electron chi connectivity index (χ2n) is 4.28. The maximum absolute atomic E-state index is 4.32. The third kappa shape index (κ3) is 2.20. The highest BCUT2D eigenvalue weighted by Gasteiger charge is 2.01. The summed E-state index contributed by atoms with van der Waals surface area (Å²) in [6.07, 6.45) is 1.84. The van der Waals surface area contributed by atoms with Gasteiger partial charge in [-0.25, -0.2) is 4.98 Å². The summed E-state index contributed by atoms with van der Waals surface area (Å²) in [6.45, 7) is 2.11.